The first-order valence-electron chi connectivity index (χ1n) is 6.91. The molecule has 0 aliphatic heterocycles. The van der Waals surface area contributed by atoms with Gasteiger partial charge in [0.2, 0.25) is 5.91 Å². The Morgan fingerprint density at radius 2 is 1.75 bits per heavy atom. The van der Waals surface area contributed by atoms with E-state index in [2.05, 4.69) is 5.32 Å². The molecule has 0 heterocycles. The first kappa shape index (κ1) is 16.0. The Balaban J connectivity index is 2.06. The molecule has 0 spiro atoms. The van der Waals surface area contributed by atoms with E-state index in [9.17, 15) is 9.59 Å². The number of amides is 1. The van der Waals surface area contributed by atoms with Gasteiger partial charge in [-0.25, -0.2) is 0 Å². The lowest BCUT2D eigenvalue weighted by atomic mass is 10.1. The molecule has 4 heteroatoms. The molecule has 0 saturated heterocycles. The van der Waals surface area contributed by atoms with Crippen molar-refractivity contribution in [3.05, 3.63) is 42.0 Å². The lowest BCUT2D eigenvalue weighted by Crippen LogP contribution is -2.21. The summed E-state index contributed by atoms with van der Waals surface area (Å²) >= 11 is 0. The monoisotopic (exact) mass is 275 g/mol. The zero-order chi connectivity index (χ0) is 14.6. The molecule has 0 aliphatic rings. The topological polar surface area (TPSA) is 66.4 Å². The average Bonchev–Trinajstić information content (AvgIpc) is 2.45. The van der Waals surface area contributed by atoms with Crippen LogP contribution in [0.4, 0.5) is 0 Å². The van der Waals surface area contributed by atoms with E-state index >= 15 is 0 Å². The highest BCUT2D eigenvalue weighted by atomic mass is 16.4. The van der Waals surface area contributed by atoms with E-state index in [1.807, 2.05) is 30.3 Å². The lowest BCUT2D eigenvalue weighted by Gasteiger charge is -2.02. The summed E-state index contributed by atoms with van der Waals surface area (Å²) in [4.78, 5) is 21.8. The summed E-state index contributed by atoms with van der Waals surface area (Å²) in [6, 6.07) is 9.66. The molecule has 0 aliphatic carbocycles. The van der Waals surface area contributed by atoms with Crippen molar-refractivity contribution in [1.29, 1.82) is 0 Å². The Labute approximate surface area is 119 Å². The van der Waals surface area contributed by atoms with Gasteiger partial charge in [0.1, 0.15) is 0 Å². The Morgan fingerprint density at radius 1 is 1.05 bits per heavy atom. The van der Waals surface area contributed by atoms with E-state index in [-0.39, 0.29) is 12.3 Å². The zero-order valence-electron chi connectivity index (χ0n) is 11.5. The van der Waals surface area contributed by atoms with Crippen LogP contribution >= 0.6 is 0 Å². The normalized spacial score (nSPS) is 10.6. The first-order chi connectivity index (χ1) is 9.68. The predicted molar refractivity (Wildman–Crippen MR) is 79.2 cm³/mol. The second-order valence-corrected chi connectivity index (χ2v) is 4.59. The van der Waals surface area contributed by atoms with E-state index in [0.29, 0.717) is 13.0 Å². The number of nitrogens with one attached hydrogen (secondary N) is 1. The summed E-state index contributed by atoms with van der Waals surface area (Å²) < 4.78 is 0. The molecule has 0 aromatic heterocycles. The minimum absolute atomic E-state index is 0.0978. The van der Waals surface area contributed by atoms with Crippen molar-refractivity contribution in [2.24, 2.45) is 0 Å². The second-order valence-electron chi connectivity index (χ2n) is 4.59. The van der Waals surface area contributed by atoms with Crippen molar-refractivity contribution in [1.82, 2.24) is 5.32 Å². The molecule has 0 radical (unpaired) electrons. The van der Waals surface area contributed by atoms with Crippen molar-refractivity contribution < 1.29 is 14.7 Å². The van der Waals surface area contributed by atoms with Gasteiger partial charge in [-0.3, -0.25) is 9.59 Å². The van der Waals surface area contributed by atoms with Crippen molar-refractivity contribution in [3.8, 4) is 0 Å². The highest BCUT2D eigenvalue weighted by molar-refractivity contribution is 5.91. The molecule has 20 heavy (non-hydrogen) atoms. The van der Waals surface area contributed by atoms with Crippen molar-refractivity contribution in [3.63, 3.8) is 0 Å². The lowest BCUT2D eigenvalue weighted by molar-refractivity contribution is -0.137. The number of unbranched alkanes of at least 4 members (excludes halogenated alkanes) is 3. The quantitative estimate of drug-likeness (QED) is 0.538. The molecular formula is C16H21NO3. The first-order valence-corrected chi connectivity index (χ1v) is 6.91. The van der Waals surface area contributed by atoms with E-state index in [1.165, 1.54) is 6.08 Å². The number of benzene rings is 1. The fourth-order valence-corrected chi connectivity index (χ4v) is 1.76. The fourth-order valence-electron chi connectivity index (χ4n) is 1.76. The second kappa shape index (κ2) is 9.78. The number of carbonyl (C=O) groups excluding carboxylic acids is 1. The van der Waals surface area contributed by atoms with Crippen LogP contribution in [0.2, 0.25) is 0 Å². The Kier molecular flexibility index (Phi) is 7.80. The highest BCUT2D eigenvalue weighted by Crippen LogP contribution is 2.02. The van der Waals surface area contributed by atoms with Gasteiger partial charge in [-0.05, 0) is 24.5 Å². The van der Waals surface area contributed by atoms with Crippen LogP contribution in [0.3, 0.4) is 0 Å². The molecule has 1 amide bonds. The fraction of sp³-hybridized carbons (Fsp3) is 0.375. The number of carboxylic acids is 1. The SMILES string of the molecule is O=C(O)CCCCCCNC(=O)C=Cc1ccccc1. The van der Waals surface area contributed by atoms with Crippen LogP contribution in [0.5, 0.6) is 0 Å². The molecule has 4 nitrogen and oxygen atoms in total. The van der Waals surface area contributed by atoms with Gasteiger partial charge in [-0.15, -0.1) is 0 Å². The number of rotatable bonds is 9. The van der Waals surface area contributed by atoms with Crippen LogP contribution in [0, 0.1) is 0 Å². The maximum Gasteiger partial charge on any atom is 0.303 e. The van der Waals surface area contributed by atoms with Crippen LogP contribution in [-0.2, 0) is 9.59 Å². The third-order valence-corrected chi connectivity index (χ3v) is 2.84. The van der Waals surface area contributed by atoms with Gasteiger partial charge in [0.15, 0.2) is 0 Å². The summed E-state index contributed by atoms with van der Waals surface area (Å²) in [7, 11) is 0. The van der Waals surface area contributed by atoms with Crippen LogP contribution in [0.1, 0.15) is 37.7 Å². The molecule has 1 aromatic rings. The van der Waals surface area contributed by atoms with E-state index in [1.54, 1.807) is 6.08 Å². The van der Waals surface area contributed by atoms with Crippen LogP contribution in [0.15, 0.2) is 36.4 Å². The molecule has 0 saturated carbocycles. The summed E-state index contributed by atoms with van der Waals surface area (Å²) in [6.07, 6.45) is 6.95. The molecule has 2 N–H and O–H groups in total. The number of aliphatic carboxylic acids is 1. The number of hydrogen-bond acceptors (Lipinski definition) is 2. The summed E-state index contributed by atoms with van der Waals surface area (Å²) in [6.45, 7) is 0.630. The van der Waals surface area contributed by atoms with Gasteiger partial charge in [0.25, 0.3) is 0 Å². The van der Waals surface area contributed by atoms with Crippen LogP contribution in [0.25, 0.3) is 6.08 Å². The Bertz CT molecular complexity index is 440. The highest BCUT2D eigenvalue weighted by Gasteiger charge is 1.97. The van der Waals surface area contributed by atoms with Gasteiger partial charge in [0.05, 0.1) is 0 Å². The molecular weight excluding hydrogens is 254 g/mol. The van der Waals surface area contributed by atoms with Crippen LogP contribution in [-0.4, -0.2) is 23.5 Å². The average molecular weight is 275 g/mol. The number of hydrogen-bond donors (Lipinski definition) is 2. The van der Waals surface area contributed by atoms with Gasteiger partial charge in [-0.1, -0.05) is 43.2 Å². The van der Waals surface area contributed by atoms with Gasteiger partial charge < -0.3 is 10.4 Å². The Hall–Kier alpha value is -2.10. The summed E-state index contributed by atoms with van der Waals surface area (Å²) in [5.74, 6) is -0.844. The van der Waals surface area contributed by atoms with Gasteiger partial charge >= 0.3 is 5.97 Å². The van der Waals surface area contributed by atoms with Crippen molar-refractivity contribution >= 4 is 18.0 Å². The molecule has 0 bridgehead atoms. The van der Waals surface area contributed by atoms with Crippen LogP contribution < -0.4 is 5.32 Å². The van der Waals surface area contributed by atoms with E-state index < -0.39 is 5.97 Å². The van der Waals surface area contributed by atoms with E-state index in [0.717, 1.165) is 24.8 Å². The maximum absolute atomic E-state index is 11.5. The largest absolute Gasteiger partial charge is 0.481 e. The number of carboxylic acid groups (broad SMARTS) is 1. The molecule has 0 fully saturated rings. The Morgan fingerprint density at radius 3 is 2.45 bits per heavy atom. The van der Waals surface area contributed by atoms with Crippen molar-refractivity contribution in [2.75, 3.05) is 6.54 Å². The zero-order valence-corrected chi connectivity index (χ0v) is 11.5. The van der Waals surface area contributed by atoms with E-state index in [4.69, 9.17) is 5.11 Å². The standard InChI is InChI=1S/C16H21NO3/c18-15(12-11-14-8-4-3-5-9-14)17-13-7-2-1-6-10-16(19)20/h3-5,8-9,11-12H,1-2,6-7,10,13H2,(H,17,18)(H,19,20). The minimum Gasteiger partial charge on any atom is -0.481 e. The molecule has 1 aromatic carbocycles. The summed E-state index contributed by atoms with van der Waals surface area (Å²) in [5.41, 5.74) is 0.997. The predicted octanol–water partition coefficient (Wildman–Crippen LogP) is 2.85. The molecule has 108 valence electrons. The summed E-state index contributed by atoms with van der Waals surface area (Å²) in [5, 5.41) is 11.3. The van der Waals surface area contributed by atoms with Gasteiger partial charge in [-0.2, -0.15) is 0 Å². The van der Waals surface area contributed by atoms with Crippen molar-refractivity contribution in [2.45, 2.75) is 32.1 Å². The number of carbonyl (C=O) groups is 2. The maximum atomic E-state index is 11.5. The molecule has 0 atom stereocenters. The molecule has 0 unspecified atom stereocenters. The smallest absolute Gasteiger partial charge is 0.303 e. The molecule has 1 rings (SSSR count). The third kappa shape index (κ3) is 8.08. The minimum atomic E-state index is -0.746. The third-order valence-electron chi connectivity index (χ3n) is 2.84. The van der Waals surface area contributed by atoms with Gasteiger partial charge in [0, 0.05) is 19.0 Å².